The highest BCUT2D eigenvalue weighted by Gasteiger charge is 2.16. The molecule has 3 aromatic carbocycles. The van der Waals surface area contributed by atoms with Crippen LogP contribution in [-0.2, 0) is 16.2 Å². The molecule has 9 nitrogen and oxygen atoms in total. The number of carbonyl (C=O) groups excluding carboxylic acids is 2. The SMILES string of the molecule is CC(Sc1ccc([N+](=O)[O-])cc1)C(=O)NNC(=O)COc1ccc(OCc2ccccc2)cc1. The number of nitrogens with zero attached hydrogens (tertiary/aromatic N) is 1. The molecule has 0 radical (unpaired) electrons. The van der Waals surface area contributed by atoms with Crippen LogP contribution < -0.4 is 20.3 Å². The van der Waals surface area contributed by atoms with E-state index < -0.39 is 22.0 Å². The van der Waals surface area contributed by atoms with Gasteiger partial charge in [0.2, 0.25) is 0 Å². The zero-order chi connectivity index (χ0) is 24.3. The zero-order valence-corrected chi connectivity index (χ0v) is 19.1. The van der Waals surface area contributed by atoms with Gasteiger partial charge in [-0.3, -0.25) is 30.6 Å². The molecular weight excluding hydrogens is 458 g/mol. The molecule has 0 aromatic heterocycles. The Morgan fingerprint density at radius 1 is 0.912 bits per heavy atom. The molecule has 0 bridgehead atoms. The Morgan fingerprint density at radius 2 is 1.53 bits per heavy atom. The highest BCUT2D eigenvalue weighted by molar-refractivity contribution is 8.00. The topological polar surface area (TPSA) is 120 Å². The van der Waals surface area contributed by atoms with Crippen LogP contribution in [0, 0.1) is 10.1 Å². The zero-order valence-electron chi connectivity index (χ0n) is 18.3. The second kappa shape index (κ2) is 12.3. The monoisotopic (exact) mass is 481 g/mol. The van der Waals surface area contributed by atoms with Crippen LogP contribution in [0.25, 0.3) is 0 Å². The first-order valence-electron chi connectivity index (χ1n) is 10.3. The summed E-state index contributed by atoms with van der Waals surface area (Å²) in [5.41, 5.74) is 5.68. The van der Waals surface area contributed by atoms with Crippen LogP contribution in [0.4, 0.5) is 5.69 Å². The predicted molar refractivity (Wildman–Crippen MR) is 127 cm³/mol. The number of amides is 2. The molecule has 0 heterocycles. The van der Waals surface area contributed by atoms with E-state index in [0.717, 1.165) is 5.56 Å². The number of hydrogen-bond donors (Lipinski definition) is 2. The summed E-state index contributed by atoms with van der Waals surface area (Å²) in [6.45, 7) is 1.82. The summed E-state index contributed by atoms with van der Waals surface area (Å²) in [7, 11) is 0. The summed E-state index contributed by atoms with van der Waals surface area (Å²) in [6, 6.07) is 22.5. The van der Waals surface area contributed by atoms with Crippen molar-refractivity contribution in [1.82, 2.24) is 10.9 Å². The van der Waals surface area contributed by atoms with Crippen LogP contribution in [0.5, 0.6) is 11.5 Å². The van der Waals surface area contributed by atoms with Gasteiger partial charge in [0.25, 0.3) is 17.5 Å². The lowest BCUT2D eigenvalue weighted by atomic mass is 10.2. The highest BCUT2D eigenvalue weighted by atomic mass is 32.2. The molecule has 2 amide bonds. The van der Waals surface area contributed by atoms with Gasteiger partial charge < -0.3 is 9.47 Å². The summed E-state index contributed by atoms with van der Waals surface area (Å²) >= 11 is 1.21. The highest BCUT2D eigenvalue weighted by Crippen LogP contribution is 2.25. The van der Waals surface area contributed by atoms with Crippen LogP contribution >= 0.6 is 11.8 Å². The molecule has 0 aliphatic rings. The minimum absolute atomic E-state index is 0.0249. The number of nitro benzene ring substituents is 1. The van der Waals surface area contributed by atoms with Crippen molar-refractivity contribution in [3.8, 4) is 11.5 Å². The van der Waals surface area contributed by atoms with Gasteiger partial charge in [-0.15, -0.1) is 11.8 Å². The lowest BCUT2D eigenvalue weighted by Gasteiger charge is -2.13. The van der Waals surface area contributed by atoms with E-state index >= 15 is 0 Å². The van der Waals surface area contributed by atoms with Gasteiger partial charge in [-0.25, -0.2) is 0 Å². The van der Waals surface area contributed by atoms with Crippen LogP contribution in [0.1, 0.15) is 12.5 Å². The van der Waals surface area contributed by atoms with Gasteiger partial charge in [-0.2, -0.15) is 0 Å². The molecule has 176 valence electrons. The van der Waals surface area contributed by atoms with E-state index in [2.05, 4.69) is 10.9 Å². The van der Waals surface area contributed by atoms with Crippen molar-refractivity contribution in [2.45, 2.75) is 23.7 Å². The van der Waals surface area contributed by atoms with Crippen LogP contribution in [0.15, 0.2) is 83.8 Å². The number of hydrogen-bond acceptors (Lipinski definition) is 7. The van der Waals surface area contributed by atoms with Crippen LogP contribution in [0.2, 0.25) is 0 Å². The maximum Gasteiger partial charge on any atom is 0.276 e. The Kier molecular flexibility index (Phi) is 8.87. The molecule has 0 aliphatic carbocycles. The third-order valence-electron chi connectivity index (χ3n) is 4.50. The van der Waals surface area contributed by atoms with Gasteiger partial charge in [0.1, 0.15) is 18.1 Å². The van der Waals surface area contributed by atoms with Gasteiger partial charge in [-0.1, -0.05) is 30.3 Å². The number of carbonyl (C=O) groups is 2. The van der Waals surface area contributed by atoms with Crippen LogP contribution in [-0.4, -0.2) is 28.6 Å². The number of benzene rings is 3. The molecule has 3 aromatic rings. The second-order valence-corrected chi connectivity index (χ2v) is 8.50. The average Bonchev–Trinajstić information content (AvgIpc) is 2.86. The lowest BCUT2D eigenvalue weighted by molar-refractivity contribution is -0.384. The molecule has 1 unspecified atom stereocenters. The Balaban J connectivity index is 1.36. The van der Waals surface area contributed by atoms with E-state index in [4.69, 9.17) is 9.47 Å². The first-order valence-corrected chi connectivity index (χ1v) is 11.2. The van der Waals surface area contributed by atoms with Crippen molar-refractivity contribution < 1.29 is 24.0 Å². The third kappa shape index (κ3) is 7.82. The van der Waals surface area contributed by atoms with Gasteiger partial charge in [0, 0.05) is 17.0 Å². The Bertz CT molecular complexity index is 1110. The molecular formula is C24H23N3O6S. The van der Waals surface area contributed by atoms with Crippen molar-refractivity contribution >= 4 is 29.3 Å². The molecule has 0 fully saturated rings. The number of nitrogens with one attached hydrogen (secondary N) is 2. The lowest BCUT2D eigenvalue weighted by Crippen LogP contribution is -2.46. The number of ether oxygens (including phenoxy) is 2. The minimum atomic E-state index is -0.536. The first kappa shape index (κ1) is 24.6. The normalized spacial score (nSPS) is 11.2. The van der Waals surface area contributed by atoms with Crippen molar-refractivity contribution in [3.05, 3.63) is 94.5 Å². The maximum absolute atomic E-state index is 12.2. The van der Waals surface area contributed by atoms with Crippen molar-refractivity contribution in [2.24, 2.45) is 0 Å². The number of thioether (sulfide) groups is 1. The fourth-order valence-corrected chi connectivity index (χ4v) is 3.56. The Morgan fingerprint density at radius 3 is 2.15 bits per heavy atom. The summed E-state index contributed by atoms with van der Waals surface area (Å²) in [5, 5.41) is 10.2. The van der Waals surface area contributed by atoms with Gasteiger partial charge in [0.15, 0.2) is 6.61 Å². The van der Waals surface area contributed by atoms with Crippen LogP contribution in [0.3, 0.4) is 0 Å². The molecule has 34 heavy (non-hydrogen) atoms. The standard InChI is InChI=1S/C24H23N3O6S/c1-17(34-22-13-7-19(8-14-22)27(30)31)24(29)26-25-23(28)16-33-21-11-9-20(10-12-21)32-15-18-5-3-2-4-6-18/h2-14,17H,15-16H2,1H3,(H,25,28)(H,26,29). The van der Waals surface area contributed by atoms with E-state index in [-0.39, 0.29) is 12.3 Å². The Labute approximate surface area is 200 Å². The van der Waals surface area contributed by atoms with Gasteiger partial charge >= 0.3 is 0 Å². The van der Waals surface area contributed by atoms with E-state index in [1.807, 2.05) is 30.3 Å². The van der Waals surface area contributed by atoms with E-state index in [1.54, 1.807) is 43.3 Å². The van der Waals surface area contributed by atoms with E-state index in [0.29, 0.717) is 23.0 Å². The molecule has 0 aliphatic heterocycles. The van der Waals surface area contributed by atoms with E-state index in [9.17, 15) is 19.7 Å². The molecule has 0 spiro atoms. The summed E-state index contributed by atoms with van der Waals surface area (Å²) < 4.78 is 11.1. The number of rotatable bonds is 10. The minimum Gasteiger partial charge on any atom is -0.489 e. The summed E-state index contributed by atoms with van der Waals surface area (Å²) in [6.07, 6.45) is 0. The van der Waals surface area contributed by atoms with Crippen molar-refractivity contribution in [3.63, 3.8) is 0 Å². The molecule has 0 saturated carbocycles. The quantitative estimate of drug-likeness (QED) is 0.256. The first-order chi connectivity index (χ1) is 16.4. The second-order valence-electron chi connectivity index (χ2n) is 7.08. The fraction of sp³-hybridized carbons (Fsp3) is 0.167. The molecule has 0 saturated heterocycles. The van der Waals surface area contributed by atoms with E-state index in [1.165, 1.54) is 23.9 Å². The van der Waals surface area contributed by atoms with Crippen molar-refractivity contribution in [2.75, 3.05) is 6.61 Å². The number of non-ortho nitro benzene ring substituents is 1. The third-order valence-corrected chi connectivity index (χ3v) is 5.61. The van der Waals surface area contributed by atoms with Gasteiger partial charge in [0.05, 0.1) is 10.2 Å². The van der Waals surface area contributed by atoms with Crippen molar-refractivity contribution in [1.29, 1.82) is 0 Å². The fourth-order valence-electron chi connectivity index (χ4n) is 2.69. The molecule has 10 heteroatoms. The number of hydrazine groups is 1. The molecule has 3 rings (SSSR count). The summed E-state index contributed by atoms with van der Waals surface area (Å²) in [4.78, 5) is 35.1. The number of nitro groups is 1. The van der Waals surface area contributed by atoms with Gasteiger partial charge in [-0.05, 0) is 48.9 Å². The maximum atomic E-state index is 12.2. The molecule has 1 atom stereocenters. The largest absolute Gasteiger partial charge is 0.489 e. The summed E-state index contributed by atoms with van der Waals surface area (Å²) in [5.74, 6) is 0.213. The smallest absolute Gasteiger partial charge is 0.276 e. The molecule has 2 N–H and O–H groups in total. The Hall–Kier alpha value is -4.05. The predicted octanol–water partition coefficient (Wildman–Crippen LogP) is 3.88. The average molecular weight is 482 g/mol.